The van der Waals surface area contributed by atoms with Gasteiger partial charge in [0.1, 0.15) is 17.1 Å². The van der Waals surface area contributed by atoms with Crippen LogP contribution in [0.3, 0.4) is 0 Å². The number of carbonyl (C=O) groups is 2. The van der Waals surface area contributed by atoms with Crippen LogP contribution in [-0.2, 0) is 11.2 Å². The van der Waals surface area contributed by atoms with Crippen molar-refractivity contribution in [2.45, 2.75) is 19.8 Å². The Labute approximate surface area is 162 Å². The minimum absolute atomic E-state index is 0.170. The number of hydrazine groups is 1. The molecule has 28 heavy (non-hydrogen) atoms. The number of hydrogen-bond donors (Lipinski definition) is 2. The van der Waals surface area contributed by atoms with Gasteiger partial charge in [0, 0.05) is 17.4 Å². The number of carbonyl (C=O) groups excluding carboxylic acids is 2. The summed E-state index contributed by atoms with van der Waals surface area (Å²) in [4.78, 5) is 24.5. The van der Waals surface area contributed by atoms with Crippen LogP contribution in [-0.4, -0.2) is 26.0 Å². The zero-order valence-corrected chi connectivity index (χ0v) is 16.0. The molecule has 0 atom stereocenters. The van der Waals surface area contributed by atoms with Gasteiger partial charge in [-0.3, -0.25) is 20.4 Å². The maximum Gasteiger partial charge on any atom is 0.305 e. The van der Waals surface area contributed by atoms with E-state index in [1.807, 2.05) is 24.3 Å². The van der Waals surface area contributed by atoms with Crippen LogP contribution in [0.5, 0.6) is 11.5 Å². The Bertz CT molecular complexity index is 1010. The largest absolute Gasteiger partial charge is 0.497 e. The summed E-state index contributed by atoms with van der Waals surface area (Å²) in [7, 11) is 3.15. The van der Waals surface area contributed by atoms with E-state index in [-0.39, 0.29) is 18.1 Å². The molecule has 0 unspecified atom stereocenters. The fraction of sp³-hybridized carbons (Fsp3) is 0.238. The molecule has 2 N–H and O–H groups in total. The highest BCUT2D eigenvalue weighted by Gasteiger charge is 2.18. The summed E-state index contributed by atoms with van der Waals surface area (Å²) in [5.74, 6) is 0.712. The first-order valence-electron chi connectivity index (χ1n) is 8.81. The molecule has 146 valence electrons. The van der Waals surface area contributed by atoms with E-state index >= 15 is 0 Å². The fourth-order valence-corrected chi connectivity index (χ4v) is 2.96. The topological polar surface area (TPSA) is 89.8 Å². The molecule has 0 saturated carbocycles. The van der Waals surface area contributed by atoms with Gasteiger partial charge in [0.2, 0.25) is 5.91 Å². The molecule has 0 spiro atoms. The van der Waals surface area contributed by atoms with Crippen LogP contribution in [0.4, 0.5) is 0 Å². The first kappa shape index (κ1) is 19.3. The third kappa shape index (κ3) is 4.09. The number of para-hydroxylation sites is 1. The number of ether oxygens (including phenoxy) is 2. The Kier molecular flexibility index (Phi) is 5.84. The molecule has 7 heteroatoms. The van der Waals surface area contributed by atoms with E-state index in [9.17, 15) is 9.59 Å². The average Bonchev–Trinajstić information content (AvgIpc) is 3.07. The summed E-state index contributed by atoms with van der Waals surface area (Å²) in [6.07, 6.45) is 0.606. The Morgan fingerprint density at radius 3 is 2.54 bits per heavy atom. The fourth-order valence-electron chi connectivity index (χ4n) is 2.96. The Balaban J connectivity index is 1.58. The lowest BCUT2D eigenvalue weighted by molar-refractivity contribution is -0.121. The lowest BCUT2D eigenvalue weighted by Crippen LogP contribution is -2.41. The molecule has 0 bridgehead atoms. The highest BCUT2D eigenvalue weighted by atomic mass is 16.5. The predicted molar refractivity (Wildman–Crippen MR) is 104 cm³/mol. The molecule has 7 nitrogen and oxygen atoms in total. The second kappa shape index (κ2) is 8.47. The number of furan rings is 1. The van der Waals surface area contributed by atoms with Crippen molar-refractivity contribution >= 4 is 22.8 Å². The van der Waals surface area contributed by atoms with Gasteiger partial charge in [-0.2, -0.15) is 0 Å². The number of benzene rings is 2. The van der Waals surface area contributed by atoms with Crippen LogP contribution >= 0.6 is 0 Å². The van der Waals surface area contributed by atoms with Crippen molar-refractivity contribution in [1.29, 1.82) is 0 Å². The third-order valence-electron chi connectivity index (χ3n) is 4.47. The Hall–Kier alpha value is -3.48. The van der Waals surface area contributed by atoms with E-state index in [2.05, 4.69) is 10.9 Å². The Morgan fingerprint density at radius 1 is 1.04 bits per heavy atom. The normalized spacial score (nSPS) is 10.5. The van der Waals surface area contributed by atoms with Crippen molar-refractivity contribution in [1.82, 2.24) is 10.9 Å². The van der Waals surface area contributed by atoms with E-state index in [0.717, 1.165) is 16.5 Å². The molecular formula is C21H22N2O5. The molecule has 2 amide bonds. The summed E-state index contributed by atoms with van der Waals surface area (Å²) < 4.78 is 16.1. The molecule has 2 aromatic carbocycles. The molecule has 0 aliphatic heterocycles. The van der Waals surface area contributed by atoms with Crippen molar-refractivity contribution < 1.29 is 23.5 Å². The van der Waals surface area contributed by atoms with Gasteiger partial charge in [-0.15, -0.1) is 0 Å². The minimum atomic E-state index is -0.499. The molecule has 0 fully saturated rings. The van der Waals surface area contributed by atoms with Gasteiger partial charge < -0.3 is 13.9 Å². The van der Waals surface area contributed by atoms with Crippen LogP contribution in [0.2, 0.25) is 0 Å². The van der Waals surface area contributed by atoms with Crippen molar-refractivity contribution in [3.8, 4) is 11.5 Å². The molecule has 0 radical (unpaired) electrons. The highest BCUT2D eigenvalue weighted by molar-refractivity contribution is 5.99. The zero-order valence-electron chi connectivity index (χ0n) is 16.0. The van der Waals surface area contributed by atoms with Crippen molar-refractivity contribution in [2.24, 2.45) is 0 Å². The monoisotopic (exact) mass is 382 g/mol. The maximum atomic E-state index is 12.3. The van der Waals surface area contributed by atoms with Gasteiger partial charge in [-0.05, 0) is 43.2 Å². The van der Waals surface area contributed by atoms with Crippen LogP contribution in [0.25, 0.3) is 11.0 Å². The van der Waals surface area contributed by atoms with E-state index < -0.39 is 5.91 Å². The van der Waals surface area contributed by atoms with Gasteiger partial charge in [0.15, 0.2) is 5.76 Å². The SMILES string of the molecule is COc1ccc(OC)c(CCC(=O)NNC(=O)c2oc3ccccc3c2C)c1. The van der Waals surface area contributed by atoms with E-state index in [1.54, 1.807) is 39.3 Å². The predicted octanol–water partition coefficient (Wildman–Crippen LogP) is 3.15. The first-order valence-corrected chi connectivity index (χ1v) is 8.81. The summed E-state index contributed by atoms with van der Waals surface area (Å²) in [6, 6.07) is 12.8. The number of amides is 2. The molecule has 0 aliphatic rings. The average molecular weight is 382 g/mol. The van der Waals surface area contributed by atoms with Crippen LogP contribution in [0.1, 0.15) is 28.1 Å². The quantitative estimate of drug-likeness (QED) is 0.639. The first-order chi connectivity index (χ1) is 13.5. The molecule has 3 rings (SSSR count). The molecule has 3 aromatic rings. The third-order valence-corrected chi connectivity index (χ3v) is 4.47. The number of nitrogens with one attached hydrogen (secondary N) is 2. The van der Waals surface area contributed by atoms with Crippen molar-refractivity contribution in [2.75, 3.05) is 14.2 Å². The summed E-state index contributed by atoms with van der Waals surface area (Å²) in [5.41, 5.74) is 7.01. The van der Waals surface area contributed by atoms with E-state index in [4.69, 9.17) is 13.9 Å². The van der Waals surface area contributed by atoms with Crippen molar-refractivity contribution in [3.63, 3.8) is 0 Å². The summed E-state index contributed by atoms with van der Waals surface area (Å²) in [6.45, 7) is 1.80. The van der Waals surface area contributed by atoms with Gasteiger partial charge in [0.05, 0.1) is 14.2 Å². The van der Waals surface area contributed by atoms with Gasteiger partial charge in [-0.1, -0.05) is 18.2 Å². The standard InChI is InChI=1S/C21H22N2O5/c1-13-16-6-4-5-7-18(16)28-20(13)21(25)23-22-19(24)11-8-14-12-15(26-2)9-10-17(14)27-3/h4-7,9-10,12H,8,11H2,1-3H3,(H,22,24)(H,23,25). The lowest BCUT2D eigenvalue weighted by Gasteiger charge is -2.11. The molecular weight excluding hydrogens is 360 g/mol. The summed E-state index contributed by atoms with van der Waals surface area (Å²) >= 11 is 0. The maximum absolute atomic E-state index is 12.3. The van der Waals surface area contributed by atoms with Crippen molar-refractivity contribution in [3.05, 3.63) is 59.4 Å². The zero-order chi connectivity index (χ0) is 20.1. The van der Waals surface area contributed by atoms with Crippen LogP contribution < -0.4 is 20.3 Å². The van der Waals surface area contributed by atoms with Gasteiger partial charge in [0.25, 0.3) is 0 Å². The number of aryl methyl sites for hydroxylation is 2. The molecule has 0 saturated heterocycles. The number of fused-ring (bicyclic) bond motifs is 1. The molecule has 1 heterocycles. The Morgan fingerprint density at radius 2 is 1.82 bits per heavy atom. The van der Waals surface area contributed by atoms with Gasteiger partial charge in [-0.25, -0.2) is 0 Å². The smallest absolute Gasteiger partial charge is 0.305 e. The van der Waals surface area contributed by atoms with E-state index in [0.29, 0.717) is 23.5 Å². The minimum Gasteiger partial charge on any atom is -0.497 e. The second-order valence-electron chi connectivity index (χ2n) is 6.23. The van der Waals surface area contributed by atoms with Crippen LogP contribution in [0, 0.1) is 6.92 Å². The van der Waals surface area contributed by atoms with Crippen LogP contribution in [0.15, 0.2) is 46.9 Å². The van der Waals surface area contributed by atoms with Gasteiger partial charge >= 0.3 is 5.91 Å². The highest BCUT2D eigenvalue weighted by Crippen LogP contribution is 2.26. The van der Waals surface area contributed by atoms with E-state index in [1.165, 1.54) is 0 Å². The molecule has 0 aliphatic carbocycles. The summed E-state index contributed by atoms with van der Waals surface area (Å²) in [5, 5.41) is 0.865. The lowest BCUT2D eigenvalue weighted by atomic mass is 10.1. The molecule has 1 aromatic heterocycles. The number of hydrogen-bond acceptors (Lipinski definition) is 5. The second-order valence-corrected chi connectivity index (χ2v) is 6.23. The number of rotatable bonds is 6. The number of methoxy groups -OCH3 is 2.